The second-order valence-electron chi connectivity index (χ2n) is 6.87. The van der Waals surface area contributed by atoms with Gasteiger partial charge in [-0.15, -0.1) is 0 Å². The monoisotopic (exact) mass is 393 g/mol. The molecular weight excluding hydrogens is 370 g/mol. The van der Waals surface area contributed by atoms with Crippen LogP contribution >= 0.6 is 0 Å². The minimum atomic E-state index is -0.190. The Hall–Kier alpha value is -3.48. The van der Waals surface area contributed by atoms with E-state index in [1.54, 1.807) is 26.0 Å². The van der Waals surface area contributed by atoms with E-state index in [1.165, 1.54) is 0 Å². The van der Waals surface area contributed by atoms with Gasteiger partial charge in [-0.2, -0.15) is 5.10 Å². The van der Waals surface area contributed by atoms with Crippen molar-refractivity contribution in [3.63, 3.8) is 0 Å². The summed E-state index contributed by atoms with van der Waals surface area (Å²) in [4.78, 5) is 12.9. The number of aryl methyl sites for hydroxylation is 1. The third-order valence-electron chi connectivity index (χ3n) is 5.20. The van der Waals surface area contributed by atoms with Crippen molar-refractivity contribution in [2.75, 3.05) is 21.3 Å². The SMILES string of the molecule is COc1ccc(CNC(=O)c2nn(C)c3c2Cc2cc(OC)c(OC)cc2-3)cc1. The third kappa shape index (κ3) is 3.29. The van der Waals surface area contributed by atoms with Gasteiger partial charge < -0.3 is 19.5 Å². The molecule has 0 bridgehead atoms. The molecule has 0 saturated heterocycles. The van der Waals surface area contributed by atoms with Crippen molar-refractivity contribution >= 4 is 5.91 Å². The number of benzene rings is 2. The van der Waals surface area contributed by atoms with Gasteiger partial charge in [0.1, 0.15) is 5.75 Å². The predicted molar refractivity (Wildman–Crippen MR) is 109 cm³/mol. The summed E-state index contributed by atoms with van der Waals surface area (Å²) < 4.78 is 17.8. The summed E-state index contributed by atoms with van der Waals surface area (Å²) in [5, 5.41) is 7.44. The fourth-order valence-corrected chi connectivity index (χ4v) is 3.74. The highest BCUT2D eigenvalue weighted by Crippen LogP contribution is 2.43. The van der Waals surface area contributed by atoms with E-state index in [0.29, 0.717) is 30.2 Å². The highest BCUT2D eigenvalue weighted by Gasteiger charge is 2.30. The van der Waals surface area contributed by atoms with E-state index in [4.69, 9.17) is 14.2 Å². The normalized spacial score (nSPS) is 11.6. The maximum absolute atomic E-state index is 12.9. The highest BCUT2D eigenvalue weighted by molar-refractivity contribution is 5.97. The summed E-state index contributed by atoms with van der Waals surface area (Å²) in [6, 6.07) is 11.5. The summed E-state index contributed by atoms with van der Waals surface area (Å²) in [5.74, 6) is 1.93. The smallest absolute Gasteiger partial charge is 0.272 e. The Labute approximate surface area is 169 Å². The molecule has 0 atom stereocenters. The molecular formula is C22H23N3O4. The number of amides is 1. The van der Waals surface area contributed by atoms with Crippen molar-refractivity contribution in [2.24, 2.45) is 7.05 Å². The Morgan fingerprint density at radius 2 is 1.76 bits per heavy atom. The number of carbonyl (C=O) groups excluding carboxylic acids is 1. The molecule has 1 aliphatic rings. The molecule has 29 heavy (non-hydrogen) atoms. The van der Waals surface area contributed by atoms with Crippen molar-refractivity contribution in [3.05, 3.63) is 58.8 Å². The molecule has 0 aliphatic heterocycles. The van der Waals surface area contributed by atoms with E-state index >= 15 is 0 Å². The molecule has 1 aromatic heterocycles. The zero-order valence-electron chi connectivity index (χ0n) is 16.9. The first-order chi connectivity index (χ1) is 14.0. The number of aromatic nitrogens is 2. The van der Waals surface area contributed by atoms with Crippen LogP contribution in [0.1, 0.15) is 27.2 Å². The lowest BCUT2D eigenvalue weighted by Gasteiger charge is -2.11. The molecule has 0 unspecified atom stereocenters. The summed E-state index contributed by atoms with van der Waals surface area (Å²) >= 11 is 0. The van der Waals surface area contributed by atoms with Crippen LogP contribution in [0.25, 0.3) is 11.3 Å². The molecule has 1 aliphatic carbocycles. The predicted octanol–water partition coefficient (Wildman–Crippen LogP) is 2.95. The number of fused-ring (bicyclic) bond motifs is 3. The molecule has 1 amide bonds. The van der Waals surface area contributed by atoms with Crippen molar-refractivity contribution in [2.45, 2.75) is 13.0 Å². The van der Waals surface area contributed by atoms with Gasteiger partial charge in [-0.05, 0) is 35.4 Å². The van der Waals surface area contributed by atoms with E-state index in [9.17, 15) is 4.79 Å². The summed E-state index contributed by atoms with van der Waals surface area (Å²) in [5.41, 5.74) is 5.41. The molecule has 2 aromatic carbocycles. The second-order valence-corrected chi connectivity index (χ2v) is 6.87. The molecule has 0 fully saturated rings. The van der Waals surface area contributed by atoms with E-state index in [0.717, 1.165) is 33.7 Å². The fourth-order valence-electron chi connectivity index (χ4n) is 3.74. The van der Waals surface area contributed by atoms with Crippen LogP contribution in [0.3, 0.4) is 0 Å². The van der Waals surface area contributed by atoms with E-state index in [1.807, 2.05) is 43.4 Å². The van der Waals surface area contributed by atoms with Gasteiger partial charge in [-0.25, -0.2) is 0 Å². The van der Waals surface area contributed by atoms with Gasteiger partial charge in [0.15, 0.2) is 17.2 Å². The van der Waals surface area contributed by atoms with E-state index in [-0.39, 0.29) is 5.91 Å². The zero-order valence-corrected chi connectivity index (χ0v) is 16.9. The maximum Gasteiger partial charge on any atom is 0.272 e. The van der Waals surface area contributed by atoms with E-state index in [2.05, 4.69) is 10.4 Å². The number of hydrogen-bond acceptors (Lipinski definition) is 5. The van der Waals surface area contributed by atoms with Crippen molar-refractivity contribution < 1.29 is 19.0 Å². The lowest BCUT2D eigenvalue weighted by Crippen LogP contribution is -2.24. The number of ether oxygens (including phenoxy) is 3. The molecule has 0 spiro atoms. The van der Waals surface area contributed by atoms with Crippen LogP contribution in [0.5, 0.6) is 17.2 Å². The molecule has 150 valence electrons. The topological polar surface area (TPSA) is 74.6 Å². The molecule has 7 heteroatoms. The standard InChI is InChI=1S/C22H23N3O4/c1-25-21-16-11-19(29-4)18(28-3)10-14(16)9-17(21)20(24-25)22(26)23-12-13-5-7-15(27-2)8-6-13/h5-8,10-11H,9,12H2,1-4H3,(H,23,26). The van der Waals surface area contributed by atoms with Crippen molar-refractivity contribution in [1.29, 1.82) is 0 Å². The van der Waals surface area contributed by atoms with Crippen LogP contribution in [0.15, 0.2) is 36.4 Å². The summed E-state index contributed by atoms with van der Waals surface area (Å²) in [7, 11) is 6.71. The van der Waals surface area contributed by atoms with Gasteiger partial charge >= 0.3 is 0 Å². The van der Waals surface area contributed by atoms with Crippen LogP contribution in [-0.4, -0.2) is 37.0 Å². The third-order valence-corrected chi connectivity index (χ3v) is 5.20. The summed E-state index contributed by atoms with van der Waals surface area (Å²) in [6.07, 6.45) is 0.629. The van der Waals surface area contributed by atoms with Gasteiger partial charge in [-0.1, -0.05) is 12.1 Å². The maximum atomic E-state index is 12.9. The van der Waals surface area contributed by atoms with Crippen LogP contribution in [0, 0.1) is 0 Å². The average Bonchev–Trinajstić information content (AvgIpc) is 3.28. The molecule has 7 nitrogen and oxygen atoms in total. The first kappa shape index (κ1) is 18.9. The van der Waals surface area contributed by atoms with Gasteiger partial charge in [0.05, 0.1) is 27.0 Å². The first-order valence-corrected chi connectivity index (χ1v) is 9.28. The number of hydrogen-bond donors (Lipinski definition) is 1. The lowest BCUT2D eigenvalue weighted by atomic mass is 10.1. The van der Waals surface area contributed by atoms with Gasteiger partial charge in [0, 0.05) is 31.1 Å². The Balaban J connectivity index is 1.58. The quantitative estimate of drug-likeness (QED) is 0.545. The average molecular weight is 393 g/mol. The zero-order chi connectivity index (χ0) is 20.5. The number of methoxy groups -OCH3 is 3. The summed E-state index contributed by atoms with van der Waals surface area (Å²) in [6.45, 7) is 0.419. The molecule has 0 saturated carbocycles. The minimum absolute atomic E-state index is 0.190. The molecule has 0 radical (unpaired) electrons. The van der Waals surface area contributed by atoms with E-state index < -0.39 is 0 Å². The number of carbonyl (C=O) groups is 1. The Morgan fingerprint density at radius 3 is 2.41 bits per heavy atom. The lowest BCUT2D eigenvalue weighted by molar-refractivity contribution is 0.0944. The number of nitrogens with one attached hydrogen (secondary N) is 1. The number of nitrogens with zero attached hydrogens (tertiary/aromatic N) is 2. The number of rotatable bonds is 6. The first-order valence-electron chi connectivity index (χ1n) is 9.28. The van der Waals surface area contributed by atoms with Crippen LogP contribution < -0.4 is 19.5 Å². The molecule has 1 heterocycles. The Morgan fingerprint density at radius 1 is 1.07 bits per heavy atom. The van der Waals surface area contributed by atoms with Crippen LogP contribution in [0.2, 0.25) is 0 Å². The Bertz CT molecular complexity index is 1070. The van der Waals surface area contributed by atoms with Gasteiger partial charge in [-0.3, -0.25) is 9.48 Å². The Kier molecular flexibility index (Phi) is 4.88. The van der Waals surface area contributed by atoms with Crippen LogP contribution in [0.4, 0.5) is 0 Å². The minimum Gasteiger partial charge on any atom is -0.497 e. The van der Waals surface area contributed by atoms with Crippen molar-refractivity contribution in [3.8, 4) is 28.5 Å². The highest BCUT2D eigenvalue weighted by atomic mass is 16.5. The van der Waals surface area contributed by atoms with Crippen molar-refractivity contribution in [1.82, 2.24) is 15.1 Å². The fraction of sp³-hybridized carbons (Fsp3) is 0.273. The van der Waals surface area contributed by atoms with Gasteiger partial charge in [0.25, 0.3) is 5.91 Å². The second kappa shape index (κ2) is 7.50. The largest absolute Gasteiger partial charge is 0.497 e. The van der Waals surface area contributed by atoms with Crippen LogP contribution in [-0.2, 0) is 20.0 Å². The molecule has 3 aromatic rings. The molecule has 4 rings (SSSR count). The molecule has 1 N–H and O–H groups in total. The van der Waals surface area contributed by atoms with Gasteiger partial charge in [0.2, 0.25) is 0 Å².